The summed E-state index contributed by atoms with van der Waals surface area (Å²) in [5.74, 6) is 1.19. The van der Waals surface area contributed by atoms with Crippen molar-refractivity contribution in [2.45, 2.75) is 52.0 Å². The smallest absolute Gasteiger partial charge is 0.123 e. The number of rotatable bonds is 2. The highest BCUT2D eigenvalue weighted by Gasteiger charge is 2.34. The maximum absolute atomic E-state index is 13.3. The van der Waals surface area contributed by atoms with Crippen molar-refractivity contribution in [1.82, 2.24) is 0 Å². The van der Waals surface area contributed by atoms with Gasteiger partial charge in [0.15, 0.2) is 0 Å². The number of hydrogen-bond acceptors (Lipinski definition) is 1. The fourth-order valence-corrected chi connectivity index (χ4v) is 3.68. The number of benzene rings is 1. The van der Waals surface area contributed by atoms with Gasteiger partial charge in [-0.2, -0.15) is 0 Å². The van der Waals surface area contributed by atoms with E-state index in [0.717, 1.165) is 30.4 Å². The summed E-state index contributed by atoms with van der Waals surface area (Å²) < 4.78 is 13.3. The lowest BCUT2D eigenvalue weighted by atomic mass is 9.69. The van der Waals surface area contributed by atoms with Crippen molar-refractivity contribution < 1.29 is 4.39 Å². The van der Waals surface area contributed by atoms with Gasteiger partial charge >= 0.3 is 0 Å². The molecule has 1 fully saturated rings. The Kier molecular flexibility index (Phi) is 3.76. The second-order valence-electron chi connectivity index (χ2n) is 6.46. The molecule has 0 aromatic heterocycles. The summed E-state index contributed by atoms with van der Waals surface area (Å²) in [5, 5.41) is 0. The van der Waals surface area contributed by atoms with Crippen LogP contribution in [0.3, 0.4) is 0 Å². The average molecular weight is 249 g/mol. The van der Waals surface area contributed by atoms with Gasteiger partial charge in [0.1, 0.15) is 5.82 Å². The molecule has 0 bridgehead atoms. The van der Waals surface area contributed by atoms with Gasteiger partial charge in [0, 0.05) is 5.54 Å². The van der Waals surface area contributed by atoms with Crippen molar-refractivity contribution in [3.05, 3.63) is 35.1 Å². The highest BCUT2D eigenvalue weighted by atomic mass is 19.1. The number of hydrogen-bond donors (Lipinski definition) is 1. The minimum absolute atomic E-state index is 0.156. The third-order valence-corrected chi connectivity index (χ3v) is 4.17. The van der Waals surface area contributed by atoms with Crippen LogP contribution in [0.5, 0.6) is 0 Å². The zero-order chi connectivity index (χ0) is 13.3. The predicted octanol–water partition coefficient (Wildman–Crippen LogP) is 3.83. The fourth-order valence-electron chi connectivity index (χ4n) is 3.68. The average Bonchev–Trinajstić information content (AvgIpc) is 2.21. The van der Waals surface area contributed by atoms with Crippen LogP contribution in [0.15, 0.2) is 18.2 Å². The molecule has 2 unspecified atom stereocenters. The van der Waals surface area contributed by atoms with E-state index in [2.05, 4.69) is 13.8 Å². The third kappa shape index (κ3) is 3.11. The maximum atomic E-state index is 13.3. The van der Waals surface area contributed by atoms with E-state index in [1.807, 2.05) is 13.0 Å². The van der Waals surface area contributed by atoms with Crippen LogP contribution in [0.25, 0.3) is 0 Å². The van der Waals surface area contributed by atoms with E-state index in [1.165, 1.54) is 12.5 Å². The van der Waals surface area contributed by atoms with Crippen LogP contribution in [-0.4, -0.2) is 5.54 Å². The molecule has 1 aliphatic rings. The van der Waals surface area contributed by atoms with Gasteiger partial charge in [-0.1, -0.05) is 19.9 Å². The molecule has 0 saturated heterocycles. The quantitative estimate of drug-likeness (QED) is 0.847. The topological polar surface area (TPSA) is 26.0 Å². The van der Waals surface area contributed by atoms with E-state index in [-0.39, 0.29) is 11.4 Å². The highest BCUT2D eigenvalue weighted by molar-refractivity contribution is 5.28. The lowest BCUT2D eigenvalue weighted by Gasteiger charge is -2.40. The molecule has 1 saturated carbocycles. The van der Waals surface area contributed by atoms with Crippen molar-refractivity contribution >= 4 is 0 Å². The van der Waals surface area contributed by atoms with Crippen LogP contribution in [0.4, 0.5) is 4.39 Å². The van der Waals surface area contributed by atoms with Gasteiger partial charge < -0.3 is 5.73 Å². The van der Waals surface area contributed by atoms with Crippen LogP contribution >= 0.6 is 0 Å². The summed E-state index contributed by atoms with van der Waals surface area (Å²) in [6.07, 6.45) is 4.16. The van der Waals surface area contributed by atoms with Crippen molar-refractivity contribution in [2.75, 3.05) is 0 Å². The molecule has 18 heavy (non-hydrogen) atoms. The van der Waals surface area contributed by atoms with Gasteiger partial charge in [0.2, 0.25) is 0 Å². The number of nitrogens with two attached hydrogens (primary N) is 1. The number of halogens is 1. The van der Waals surface area contributed by atoms with Gasteiger partial charge in [-0.15, -0.1) is 0 Å². The number of aryl methyl sites for hydroxylation is 1. The zero-order valence-corrected chi connectivity index (χ0v) is 11.7. The molecule has 2 rings (SSSR count). The first-order chi connectivity index (χ1) is 8.38. The van der Waals surface area contributed by atoms with Crippen molar-refractivity contribution in [3.8, 4) is 0 Å². The summed E-state index contributed by atoms with van der Waals surface area (Å²) in [5.41, 5.74) is 8.63. The zero-order valence-electron chi connectivity index (χ0n) is 11.7. The molecule has 0 radical (unpaired) electrons. The van der Waals surface area contributed by atoms with Gasteiger partial charge in [-0.25, -0.2) is 4.39 Å². The Hall–Kier alpha value is -0.890. The predicted molar refractivity (Wildman–Crippen MR) is 73.9 cm³/mol. The Balaban J connectivity index is 2.18. The molecule has 100 valence electrons. The molecule has 0 amide bonds. The second-order valence-corrected chi connectivity index (χ2v) is 6.46. The summed E-state index contributed by atoms with van der Waals surface area (Å²) in [6, 6.07) is 5.02. The first-order valence-corrected chi connectivity index (χ1v) is 6.92. The largest absolute Gasteiger partial charge is 0.325 e. The Morgan fingerprint density at radius 1 is 1.28 bits per heavy atom. The van der Waals surface area contributed by atoms with Gasteiger partial charge in [-0.05, 0) is 67.7 Å². The SMILES string of the molecule is Cc1ccc(F)cc1CC1(N)CC(C)CC(C)C1. The molecule has 0 heterocycles. The third-order valence-electron chi connectivity index (χ3n) is 4.17. The van der Waals surface area contributed by atoms with Gasteiger partial charge in [0.05, 0.1) is 0 Å². The Bertz CT molecular complexity index is 417. The van der Waals surface area contributed by atoms with Crippen LogP contribution in [0.1, 0.15) is 44.2 Å². The van der Waals surface area contributed by atoms with Crippen molar-refractivity contribution in [1.29, 1.82) is 0 Å². The molecular formula is C16H24FN. The van der Waals surface area contributed by atoms with Crippen LogP contribution in [0, 0.1) is 24.6 Å². The van der Waals surface area contributed by atoms with Crippen LogP contribution in [0.2, 0.25) is 0 Å². The van der Waals surface area contributed by atoms with Crippen molar-refractivity contribution in [2.24, 2.45) is 17.6 Å². The Morgan fingerprint density at radius 3 is 2.50 bits per heavy atom. The lowest BCUT2D eigenvalue weighted by molar-refractivity contribution is 0.182. The van der Waals surface area contributed by atoms with E-state index < -0.39 is 0 Å². The van der Waals surface area contributed by atoms with Crippen LogP contribution in [-0.2, 0) is 6.42 Å². The molecule has 2 atom stereocenters. The molecule has 0 aliphatic heterocycles. The summed E-state index contributed by atoms with van der Waals surface area (Å²) in [7, 11) is 0. The van der Waals surface area contributed by atoms with E-state index in [4.69, 9.17) is 5.73 Å². The molecule has 2 heteroatoms. The minimum atomic E-state index is -0.157. The molecule has 1 aromatic carbocycles. The Morgan fingerprint density at radius 2 is 1.89 bits per heavy atom. The minimum Gasteiger partial charge on any atom is -0.325 e. The maximum Gasteiger partial charge on any atom is 0.123 e. The summed E-state index contributed by atoms with van der Waals surface area (Å²) in [4.78, 5) is 0. The highest BCUT2D eigenvalue weighted by Crippen LogP contribution is 2.36. The van der Waals surface area contributed by atoms with E-state index in [0.29, 0.717) is 11.8 Å². The summed E-state index contributed by atoms with van der Waals surface area (Å²) in [6.45, 7) is 6.58. The molecule has 1 aliphatic carbocycles. The van der Waals surface area contributed by atoms with E-state index >= 15 is 0 Å². The lowest BCUT2D eigenvalue weighted by Crippen LogP contribution is -2.48. The molecule has 0 spiro atoms. The first kappa shape index (κ1) is 13.5. The monoisotopic (exact) mass is 249 g/mol. The second kappa shape index (κ2) is 5.00. The van der Waals surface area contributed by atoms with Gasteiger partial charge in [0.25, 0.3) is 0 Å². The Labute approximate surface area is 110 Å². The standard InChI is InChI=1S/C16H24FN/c1-11-6-12(2)9-16(18,8-11)10-14-7-15(17)5-4-13(14)3/h4-5,7,11-12H,6,8-10,18H2,1-3H3. The van der Waals surface area contributed by atoms with E-state index in [1.54, 1.807) is 6.07 Å². The molecular weight excluding hydrogens is 225 g/mol. The van der Waals surface area contributed by atoms with E-state index in [9.17, 15) is 4.39 Å². The summed E-state index contributed by atoms with van der Waals surface area (Å²) >= 11 is 0. The normalized spacial score (nSPS) is 32.5. The van der Waals surface area contributed by atoms with Gasteiger partial charge in [-0.3, -0.25) is 0 Å². The molecule has 1 nitrogen and oxygen atoms in total. The fraction of sp³-hybridized carbons (Fsp3) is 0.625. The molecule has 2 N–H and O–H groups in total. The molecule has 1 aromatic rings. The van der Waals surface area contributed by atoms with Crippen LogP contribution < -0.4 is 5.73 Å². The van der Waals surface area contributed by atoms with Crippen molar-refractivity contribution in [3.63, 3.8) is 0 Å². The first-order valence-electron chi connectivity index (χ1n) is 6.92.